The van der Waals surface area contributed by atoms with Gasteiger partial charge < -0.3 is 9.31 Å². The molecule has 2 aromatic rings. The molecule has 1 aromatic carbocycles. The van der Waals surface area contributed by atoms with Crippen molar-refractivity contribution in [2.75, 3.05) is 0 Å². The summed E-state index contributed by atoms with van der Waals surface area (Å²) in [6, 6.07) is 10.8. The largest absolute Gasteiger partial charge is 0.494 e. The average Bonchev–Trinajstić information content (AvgIpc) is 3.35. The van der Waals surface area contributed by atoms with E-state index in [1.807, 2.05) is 6.20 Å². The number of benzene rings is 1. The molecule has 0 unspecified atom stereocenters. The van der Waals surface area contributed by atoms with Gasteiger partial charge in [0.05, 0.1) is 11.2 Å². The van der Waals surface area contributed by atoms with Crippen molar-refractivity contribution in [3.63, 3.8) is 0 Å². The topological polar surface area (TPSA) is 31.4 Å². The summed E-state index contributed by atoms with van der Waals surface area (Å²) in [5.41, 5.74) is 5.28. The van der Waals surface area contributed by atoms with Crippen molar-refractivity contribution in [2.24, 2.45) is 0 Å². The second-order valence-electron chi connectivity index (χ2n) is 8.41. The summed E-state index contributed by atoms with van der Waals surface area (Å²) in [5.74, 6) is 0.695. The lowest BCUT2D eigenvalue weighted by molar-refractivity contribution is 0.00578. The van der Waals surface area contributed by atoms with Gasteiger partial charge in [-0.25, -0.2) is 0 Å². The Morgan fingerprint density at radius 2 is 1.68 bits per heavy atom. The minimum absolute atomic E-state index is 0.312. The third-order valence-corrected chi connectivity index (χ3v) is 5.87. The maximum Gasteiger partial charge on any atom is 0.494 e. The Labute approximate surface area is 150 Å². The summed E-state index contributed by atoms with van der Waals surface area (Å²) in [4.78, 5) is 4.65. The number of hydrogen-bond donors (Lipinski definition) is 0. The summed E-state index contributed by atoms with van der Waals surface area (Å²) in [6.07, 6.45) is 4.58. The number of rotatable bonds is 3. The van der Waals surface area contributed by atoms with Crippen molar-refractivity contribution in [2.45, 2.75) is 64.6 Å². The first-order valence-electron chi connectivity index (χ1n) is 9.19. The van der Waals surface area contributed by atoms with E-state index in [1.54, 1.807) is 0 Å². The first-order chi connectivity index (χ1) is 11.8. The normalized spacial score (nSPS) is 21.6. The first kappa shape index (κ1) is 16.8. The van der Waals surface area contributed by atoms with Gasteiger partial charge in [0.2, 0.25) is 0 Å². The number of hydrogen-bond acceptors (Lipinski definition) is 3. The van der Waals surface area contributed by atoms with E-state index in [9.17, 15) is 0 Å². The minimum atomic E-state index is -0.313. The van der Waals surface area contributed by atoms with E-state index >= 15 is 0 Å². The molecule has 1 aliphatic carbocycles. The molecule has 0 radical (unpaired) electrons. The highest BCUT2D eigenvalue weighted by molar-refractivity contribution is 6.62. The predicted molar refractivity (Wildman–Crippen MR) is 102 cm³/mol. The van der Waals surface area contributed by atoms with Crippen molar-refractivity contribution >= 4 is 12.6 Å². The van der Waals surface area contributed by atoms with Gasteiger partial charge in [-0.05, 0) is 70.1 Å². The highest BCUT2D eigenvalue weighted by Gasteiger charge is 2.51. The van der Waals surface area contributed by atoms with E-state index in [0.717, 1.165) is 5.46 Å². The molecule has 4 heteroatoms. The van der Waals surface area contributed by atoms with Crippen LogP contribution in [0.2, 0.25) is 0 Å². The van der Waals surface area contributed by atoms with Gasteiger partial charge in [0.1, 0.15) is 0 Å². The van der Waals surface area contributed by atoms with E-state index in [-0.39, 0.29) is 18.3 Å². The molecule has 4 rings (SSSR count). The first-order valence-corrected chi connectivity index (χ1v) is 9.19. The van der Waals surface area contributed by atoms with Crippen LogP contribution in [0.5, 0.6) is 0 Å². The van der Waals surface area contributed by atoms with Crippen LogP contribution in [0.15, 0.2) is 36.5 Å². The maximum atomic E-state index is 6.17. The van der Waals surface area contributed by atoms with E-state index in [4.69, 9.17) is 9.31 Å². The molecule has 0 amide bonds. The summed E-state index contributed by atoms with van der Waals surface area (Å²) in [5, 5.41) is 0. The highest BCUT2D eigenvalue weighted by Crippen LogP contribution is 2.39. The minimum Gasteiger partial charge on any atom is -0.399 e. The fourth-order valence-electron chi connectivity index (χ4n) is 3.32. The third kappa shape index (κ3) is 3.02. The summed E-state index contributed by atoms with van der Waals surface area (Å²) in [6.45, 7) is 10.5. The lowest BCUT2D eigenvalue weighted by atomic mass is 9.77. The fraction of sp³-hybridized carbons (Fsp3) is 0.476. The monoisotopic (exact) mass is 335 g/mol. The Hall–Kier alpha value is -1.65. The van der Waals surface area contributed by atoms with Gasteiger partial charge in [0.15, 0.2) is 0 Å². The van der Waals surface area contributed by atoms with Gasteiger partial charge in [-0.2, -0.15) is 0 Å². The fourth-order valence-corrected chi connectivity index (χ4v) is 3.32. The lowest BCUT2D eigenvalue weighted by Gasteiger charge is -2.32. The lowest BCUT2D eigenvalue weighted by Crippen LogP contribution is -2.41. The molecule has 1 aliphatic heterocycles. The highest BCUT2D eigenvalue weighted by atomic mass is 16.7. The third-order valence-electron chi connectivity index (χ3n) is 5.87. The van der Waals surface area contributed by atoms with Crippen LogP contribution in [0.25, 0.3) is 11.1 Å². The van der Waals surface area contributed by atoms with E-state index in [1.165, 1.54) is 35.2 Å². The van der Waals surface area contributed by atoms with Crippen LogP contribution in [-0.2, 0) is 9.31 Å². The Balaban J connectivity index is 1.59. The summed E-state index contributed by atoms with van der Waals surface area (Å²) in [7, 11) is -0.312. The molecule has 2 heterocycles. The zero-order valence-corrected chi connectivity index (χ0v) is 15.8. The Kier molecular flexibility index (Phi) is 3.82. The Bertz CT molecular complexity index is 778. The number of nitrogens with zero attached hydrogens (tertiary/aromatic N) is 1. The molecular weight excluding hydrogens is 309 g/mol. The van der Waals surface area contributed by atoms with Gasteiger partial charge in [-0.15, -0.1) is 0 Å². The van der Waals surface area contributed by atoms with E-state index in [2.05, 4.69) is 69.9 Å². The molecule has 1 aromatic heterocycles. The van der Waals surface area contributed by atoms with Gasteiger partial charge in [-0.1, -0.05) is 24.3 Å². The zero-order valence-electron chi connectivity index (χ0n) is 15.8. The number of pyridine rings is 1. The number of aromatic nitrogens is 1. The van der Waals surface area contributed by atoms with Crippen LogP contribution < -0.4 is 5.46 Å². The quantitative estimate of drug-likeness (QED) is 0.787. The Morgan fingerprint density at radius 3 is 2.20 bits per heavy atom. The average molecular weight is 335 g/mol. The van der Waals surface area contributed by atoms with Gasteiger partial charge in [-0.3, -0.25) is 4.98 Å². The molecule has 1 saturated heterocycles. The predicted octanol–water partition coefficient (Wildman–Crippen LogP) is 4.23. The second kappa shape index (κ2) is 5.68. The molecule has 25 heavy (non-hydrogen) atoms. The second-order valence-corrected chi connectivity index (χ2v) is 8.41. The van der Waals surface area contributed by atoms with Crippen molar-refractivity contribution in [3.05, 3.63) is 47.8 Å². The molecule has 2 aliphatic rings. The molecule has 1 saturated carbocycles. The maximum absolute atomic E-state index is 6.17. The molecular formula is C21H26BNO2. The molecule has 0 spiro atoms. The standard InChI is InChI=1S/C21H26BNO2/c1-14-12-17(22-24-20(2,3)21(4,5)25-22)9-10-18(14)16-8-11-19(23-13-16)15-6-7-15/h8-13,15H,6-7H2,1-5H3. The van der Waals surface area contributed by atoms with E-state index < -0.39 is 0 Å². The van der Waals surface area contributed by atoms with Gasteiger partial charge in [0, 0.05) is 23.4 Å². The molecule has 0 atom stereocenters. The molecule has 2 fully saturated rings. The Morgan fingerprint density at radius 1 is 1.00 bits per heavy atom. The van der Waals surface area contributed by atoms with Gasteiger partial charge in [0.25, 0.3) is 0 Å². The van der Waals surface area contributed by atoms with Crippen LogP contribution in [0.4, 0.5) is 0 Å². The van der Waals surface area contributed by atoms with Crippen LogP contribution in [-0.4, -0.2) is 23.3 Å². The van der Waals surface area contributed by atoms with E-state index in [0.29, 0.717) is 5.92 Å². The zero-order chi connectivity index (χ0) is 17.8. The number of aryl methyl sites for hydroxylation is 1. The van der Waals surface area contributed by atoms with Crippen LogP contribution in [0, 0.1) is 6.92 Å². The van der Waals surface area contributed by atoms with Crippen molar-refractivity contribution < 1.29 is 9.31 Å². The summed E-state index contributed by atoms with van der Waals surface area (Å²) < 4.78 is 12.3. The van der Waals surface area contributed by atoms with Crippen LogP contribution in [0.1, 0.15) is 57.7 Å². The smallest absolute Gasteiger partial charge is 0.399 e. The molecule has 0 N–H and O–H groups in total. The van der Waals surface area contributed by atoms with Crippen molar-refractivity contribution in [1.82, 2.24) is 4.98 Å². The van der Waals surface area contributed by atoms with Crippen LogP contribution in [0.3, 0.4) is 0 Å². The molecule has 130 valence electrons. The summed E-state index contributed by atoms with van der Waals surface area (Å²) >= 11 is 0. The van der Waals surface area contributed by atoms with Gasteiger partial charge >= 0.3 is 7.12 Å². The SMILES string of the molecule is Cc1cc(B2OC(C)(C)C(C)(C)O2)ccc1-c1ccc(C2CC2)nc1. The van der Waals surface area contributed by atoms with Crippen molar-refractivity contribution in [3.8, 4) is 11.1 Å². The van der Waals surface area contributed by atoms with Crippen LogP contribution >= 0.6 is 0 Å². The molecule has 3 nitrogen and oxygen atoms in total. The van der Waals surface area contributed by atoms with Crippen molar-refractivity contribution in [1.29, 1.82) is 0 Å². The molecule has 0 bridgehead atoms.